The van der Waals surface area contributed by atoms with Crippen LogP contribution in [0.1, 0.15) is 52.4 Å². The van der Waals surface area contributed by atoms with E-state index in [4.69, 9.17) is 39.0 Å². The highest BCUT2D eigenvalue weighted by molar-refractivity contribution is 5.69. The predicted octanol–water partition coefficient (Wildman–Crippen LogP) is 1.27. The van der Waals surface area contributed by atoms with Crippen LogP contribution < -0.4 is 0 Å². The van der Waals surface area contributed by atoms with Gasteiger partial charge in [0.1, 0.15) is 0 Å². The Hall–Kier alpha value is -0.810. The van der Waals surface area contributed by atoms with Gasteiger partial charge in [0.05, 0.1) is 66.1 Å². The molecule has 0 aliphatic carbocycles. The van der Waals surface area contributed by atoms with Crippen LogP contribution in [0, 0.1) is 0 Å². The zero-order valence-electron chi connectivity index (χ0n) is 18.2. The summed E-state index contributed by atoms with van der Waals surface area (Å²) in [7, 11) is 0. The zero-order chi connectivity index (χ0) is 22.0. The summed E-state index contributed by atoms with van der Waals surface area (Å²) < 4.78 is 25.1. The number of rotatable bonds is 20. The lowest BCUT2D eigenvalue weighted by atomic mass is 10.2. The van der Waals surface area contributed by atoms with Gasteiger partial charge in [0.15, 0.2) is 0 Å². The molecule has 0 bridgehead atoms. The largest absolute Gasteiger partial charge is 0.436 e. The molecule has 3 N–H and O–H groups in total. The van der Waals surface area contributed by atoms with Crippen LogP contribution in [0.4, 0.5) is 0 Å². The van der Waals surface area contributed by atoms with Crippen molar-refractivity contribution in [2.45, 2.75) is 58.7 Å². The van der Waals surface area contributed by atoms with E-state index in [1.54, 1.807) is 0 Å². The van der Waals surface area contributed by atoms with Gasteiger partial charge in [-0.3, -0.25) is 4.79 Å². The molecule has 1 atom stereocenters. The molecule has 0 spiro atoms. The van der Waals surface area contributed by atoms with Gasteiger partial charge < -0.3 is 39.0 Å². The van der Waals surface area contributed by atoms with Gasteiger partial charge >= 0.3 is 5.97 Å². The molecule has 0 aromatic heterocycles. The molecule has 0 amide bonds. The smallest absolute Gasteiger partial charge is 0.308 e. The van der Waals surface area contributed by atoms with E-state index in [0.717, 1.165) is 25.7 Å². The number of carbonyl (C=O) groups excluding carboxylic acids is 1. The van der Waals surface area contributed by atoms with Gasteiger partial charge in [-0.15, -0.1) is 0 Å². The molecule has 9 nitrogen and oxygen atoms in total. The Kier molecular flexibility index (Phi) is 28.5. The fraction of sp³-hybridized carbons (Fsp3) is 0.950. The summed E-state index contributed by atoms with van der Waals surface area (Å²) >= 11 is 0. The standard InChI is InChI=1S/C10H22O6.C10H20O3/c11-1-3-13-5-7-15-9-10-16-8-6-14-4-2-12;1-3-5-6-8-10(12)13-9(11)7-4-2/h11-12H,1-10H2;9,11H,3-8H2,1-2H3. The van der Waals surface area contributed by atoms with Crippen LogP contribution in [0.2, 0.25) is 0 Å². The zero-order valence-corrected chi connectivity index (χ0v) is 18.2. The first-order valence-corrected chi connectivity index (χ1v) is 10.5. The number of aliphatic hydroxyl groups excluding tert-OH is 3. The molecule has 0 aliphatic rings. The van der Waals surface area contributed by atoms with Crippen LogP contribution in [-0.2, 0) is 28.5 Å². The van der Waals surface area contributed by atoms with Crippen molar-refractivity contribution in [3.8, 4) is 0 Å². The number of unbranched alkanes of at least 4 members (excludes halogenated alkanes) is 2. The Morgan fingerprint density at radius 2 is 1.17 bits per heavy atom. The summed E-state index contributed by atoms with van der Waals surface area (Å²) in [5.41, 5.74) is 0. The van der Waals surface area contributed by atoms with Crippen LogP contribution in [0.3, 0.4) is 0 Å². The Bertz CT molecular complexity index is 302. The second kappa shape index (κ2) is 27.2. The van der Waals surface area contributed by atoms with E-state index in [2.05, 4.69) is 6.92 Å². The molecule has 29 heavy (non-hydrogen) atoms. The molecule has 1 unspecified atom stereocenters. The van der Waals surface area contributed by atoms with Crippen LogP contribution in [-0.4, -0.2) is 93.6 Å². The van der Waals surface area contributed by atoms with E-state index in [0.29, 0.717) is 65.7 Å². The molecule has 0 fully saturated rings. The quantitative estimate of drug-likeness (QED) is 0.150. The summed E-state index contributed by atoms with van der Waals surface area (Å²) in [6.07, 6.45) is 3.86. The van der Waals surface area contributed by atoms with E-state index in [9.17, 15) is 4.79 Å². The SMILES string of the molecule is CCCCCC(=O)OC(O)CCC.OCCOCCOCCOCCOCCO. The highest BCUT2D eigenvalue weighted by Crippen LogP contribution is 2.04. The second-order valence-electron chi connectivity index (χ2n) is 6.09. The summed E-state index contributed by atoms with van der Waals surface area (Å²) in [5.74, 6) is -0.283. The molecular formula is C20H42O9. The number of ether oxygens (including phenoxy) is 5. The van der Waals surface area contributed by atoms with E-state index in [-0.39, 0.29) is 19.2 Å². The lowest BCUT2D eigenvalue weighted by Crippen LogP contribution is -2.16. The minimum atomic E-state index is -0.904. The van der Waals surface area contributed by atoms with E-state index in [1.165, 1.54) is 0 Å². The third kappa shape index (κ3) is 29.5. The van der Waals surface area contributed by atoms with Gasteiger partial charge in [0.25, 0.3) is 0 Å². The first-order valence-electron chi connectivity index (χ1n) is 10.5. The van der Waals surface area contributed by atoms with Crippen molar-refractivity contribution in [1.29, 1.82) is 0 Å². The normalized spacial score (nSPS) is 11.6. The summed E-state index contributed by atoms with van der Waals surface area (Å²) in [6, 6.07) is 0. The highest BCUT2D eigenvalue weighted by Gasteiger charge is 2.08. The van der Waals surface area contributed by atoms with Crippen molar-refractivity contribution >= 4 is 5.97 Å². The summed E-state index contributed by atoms with van der Waals surface area (Å²) in [6.45, 7) is 7.81. The van der Waals surface area contributed by atoms with Crippen molar-refractivity contribution in [3.05, 3.63) is 0 Å². The molecule has 0 rings (SSSR count). The monoisotopic (exact) mass is 426 g/mol. The lowest BCUT2D eigenvalue weighted by Gasteiger charge is -2.10. The number of esters is 1. The van der Waals surface area contributed by atoms with Crippen molar-refractivity contribution in [1.82, 2.24) is 0 Å². The first kappa shape index (κ1) is 30.4. The van der Waals surface area contributed by atoms with Crippen LogP contribution in [0.25, 0.3) is 0 Å². The molecule has 176 valence electrons. The molecule has 0 aromatic carbocycles. The number of hydrogen-bond donors (Lipinski definition) is 3. The molecule has 0 heterocycles. The van der Waals surface area contributed by atoms with E-state index < -0.39 is 6.29 Å². The third-order valence-electron chi connectivity index (χ3n) is 3.37. The predicted molar refractivity (Wildman–Crippen MR) is 109 cm³/mol. The topological polar surface area (TPSA) is 124 Å². The fourth-order valence-electron chi connectivity index (χ4n) is 1.93. The van der Waals surface area contributed by atoms with Gasteiger partial charge in [-0.1, -0.05) is 33.1 Å². The van der Waals surface area contributed by atoms with Crippen molar-refractivity contribution < 1.29 is 43.8 Å². The maximum absolute atomic E-state index is 11.0. The Balaban J connectivity index is 0. The van der Waals surface area contributed by atoms with E-state index in [1.807, 2.05) is 6.92 Å². The second-order valence-corrected chi connectivity index (χ2v) is 6.09. The maximum Gasteiger partial charge on any atom is 0.308 e. The van der Waals surface area contributed by atoms with Crippen LogP contribution in [0.15, 0.2) is 0 Å². The molecule has 9 heteroatoms. The Labute approximate surface area is 175 Å². The molecule has 0 aromatic rings. The summed E-state index contributed by atoms with van der Waals surface area (Å²) in [4.78, 5) is 11.0. The van der Waals surface area contributed by atoms with Gasteiger partial charge in [-0.05, 0) is 6.42 Å². The molecule has 0 radical (unpaired) electrons. The minimum Gasteiger partial charge on any atom is -0.436 e. The van der Waals surface area contributed by atoms with Crippen molar-refractivity contribution in [3.63, 3.8) is 0 Å². The molecular weight excluding hydrogens is 384 g/mol. The van der Waals surface area contributed by atoms with Gasteiger partial charge in [0, 0.05) is 12.8 Å². The van der Waals surface area contributed by atoms with Crippen molar-refractivity contribution in [2.75, 3.05) is 66.1 Å². The first-order chi connectivity index (χ1) is 14.1. The van der Waals surface area contributed by atoms with E-state index >= 15 is 0 Å². The molecule has 0 saturated carbocycles. The lowest BCUT2D eigenvalue weighted by molar-refractivity contribution is -0.168. The minimum absolute atomic E-state index is 0.0386. The van der Waals surface area contributed by atoms with Gasteiger partial charge in [-0.25, -0.2) is 0 Å². The van der Waals surface area contributed by atoms with Gasteiger partial charge in [0.2, 0.25) is 6.29 Å². The highest BCUT2D eigenvalue weighted by atomic mass is 16.6. The maximum atomic E-state index is 11.0. The third-order valence-corrected chi connectivity index (χ3v) is 3.37. The number of carbonyl (C=O) groups is 1. The Morgan fingerprint density at radius 1 is 0.724 bits per heavy atom. The van der Waals surface area contributed by atoms with Gasteiger partial charge in [-0.2, -0.15) is 0 Å². The van der Waals surface area contributed by atoms with Crippen LogP contribution >= 0.6 is 0 Å². The Morgan fingerprint density at radius 3 is 1.55 bits per heavy atom. The summed E-state index contributed by atoms with van der Waals surface area (Å²) in [5, 5.41) is 26.0. The molecule has 0 saturated heterocycles. The molecule has 0 aliphatic heterocycles. The van der Waals surface area contributed by atoms with Crippen molar-refractivity contribution in [2.24, 2.45) is 0 Å². The van der Waals surface area contributed by atoms with Crippen LogP contribution in [0.5, 0.6) is 0 Å². The fourth-order valence-corrected chi connectivity index (χ4v) is 1.93. The number of aliphatic hydroxyl groups is 3. The average molecular weight is 427 g/mol. The number of hydrogen-bond acceptors (Lipinski definition) is 9. The average Bonchev–Trinajstić information content (AvgIpc) is 2.70.